The van der Waals surface area contributed by atoms with E-state index in [1.54, 1.807) is 6.08 Å². The van der Waals surface area contributed by atoms with E-state index in [0.29, 0.717) is 32.3 Å². The van der Waals surface area contributed by atoms with Crippen molar-refractivity contribution in [3.05, 3.63) is 158 Å². The molecule has 0 aliphatic carbocycles. The van der Waals surface area contributed by atoms with Crippen LogP contribution in [0.3, 0.4) is 0 Å². The summed E-state index contributed by atoms with van der Waals surface area (Å²) in [7, 11) is -8.16. The van der Waals surface area contributed by atoms with Gasteiger partial charge in [-0.1, -0.05) is 211 Å². The smallest absolute Gasteiger partial charge is 0.328 e. The lowest BCUT2D eigenvalue weighted by Crippen LogP contribution is -2.70. The Morgan fingerprint density at radius 3 is 1.66 bits per heavy atom. The lowest BCUT2D eigenvalue weighted by atomic mass is 9.79. The zero-order valence-electron chi connectivity index (χ0n) is 49.5. The lowest BCUT2D eigenvalue weighted by Gasteiger charge is -2.55. The van der Waals surface area contributed by atoms with E-state index < -0.39 is 30.9 Å². The predicted octanol–water partition coefficient (Wildman–Crippen LogP) is 12.7. The number of ether oxygens (including phenoxy) is 4. The topological polar surface area (TPSA) is 102 Å². The molecule has 0 amide bonds. The van der Waals surface area contributed by atoms with Gasteiger partial charge in [0.25, 0.3) is 16.6 Å². The summed E-state index contributed by atoms with van der Waals surface area (Å²) in [6, 6.07) is 46.9. The lowest BCUT2D eigenvalue weighted by molar-refractivity contribution is -0.264. The van der Waals surface area contributed by atoms with Gasteiger partial charge in [0, 0.05) is 37.9 Å². The first-order valence-corrected chi connectivity index (χ1v) is 36.1. The Morgan fingerprint density at radius 1 is 0.646 bits per heavy atom. The van der Waals surface area contributed by atoms with Gasteiger partial charge in [-0.25, -0.2) is 4.79 Å². The summed E-state index contributed by atoms with van der Waals surface area (Å²) in [5.41, 5.74) is 2.10. The number of rotatable bonds is 22. The van der Waals surface area contributed by atoms with Crippen molar-refractivity contribution >= 4 is 51.7 Å². The van der Waals surface area contributed by atoms with E-state index in [0.717, 1.165) is 48.5 Å². The third kappa shape index (κ3) is 13.3. The molecule has 1 N–H and O–H groups in total. The van der Waals surface area contributed by atoms with Crippen molar-refractivity contribution in [3.63, 3.8) is 0 Å². The molecule has 428 valence electrons. The van der Waals surface area contributed by atoms with Crippen LogP contribution in [0.4, 0.5) is 0 Å². The third-order valence-electron chi connectivity index (χ3n) is 18.5. The predicted molar refractivity (Wildman–Crippen MR) is 328 cm³/mol. The molecule has 0 radical (unpaired) electrons. The summed E-state index contributed by atoms with van der Waals surface area (Å²) in [6.07, 6.45) is 5.49. The highest BCUT2D eigenvalue weighted by atomic mass is 28.4. The molecule has 0 saturated carbocycles. The van der Waals surface area contributed by atoms with Crippen molar-refractivity contribution in [1.29, 1.82) is 0 Å². The van der Waals surface area contributed by atoms with Gasteiger partial charge in [-0.15, -0.1) is 0 Å². The third-order valence-corrected chi connectivity index (χ3v) is 33.2. The fraction of sp³-hybridized carbons (Fsp3) is 0.537. The van der Waals surface area contributed by atoms with Crippen LogP contribution in [-0.4, -0.2) is 104 Å². The normalized spacial score (nSPS) is 28.2. The van der Waals surface area contributed by atoms with Crippen LogP contribution in [-0.2, 0) is 37.0 Å². The van der Waals surface area contributed by atoms with E-state index in [4.69, 9.17) is 38.8 Å². The van der Waals surface area contributed by atoms with Gasteiger partial charge in [0.05, 0.1) is 61.0 Å². The SMILES string of the molecule is C=C1C[C@H](C=CC(=O)O)O[C@H]1CC[C@H]1C[C@@H](C)C(=C)[C@@H](C[C@@H]2O[C@H]3C[C@@H](O[Si](c4ccccc4)(c4ccccc4)C(C)(C)C)[C@@H](CCO[Si](c4ccccc4)(c4ccccc4)C(C)(C)C)O[C@H]3[C@H](C)[C@H]2O[Si](CC)(CC)CC)O1. The number of benzene rings is 4. The summed E-state index contributed by atoms with van der Waals surface area (Å²) in [5, 5.41) is 13.8. The molecule has 12 heteroatoms. The van der Waals surface area contributed by atoms with Gasteiger partial charge in [-0.3, -0.25) is 0 Å². The van der Waals surface area contributed by atoms with E-state index in [-0.39, 0.29) is 83.0 Å². The van der Waals surface area contributed by atoms with Crippen LogP contribution in [0.2, 0.25) is 28.2 Å². The highest BCUT2D eigenvalue weighted by Gasteiger charge is 2.58. The van der Waals surface area contributed by atoms with Crippen molar-refractivity contribution in [1.82, 2.24) is 0 Å². The fourth-order valence-electron chi connectivity index (χ4n) is 13.9. The maximum Gasteiger partial charge on any atom is 0.328 e. The Bertz CT molecular complexity index is 2540. The highest BCUT2D eigenvalue weighted by Crippen LogP contribution is 2.47. The average molecular weight is 1130 g/mol. The molecule has 4 saturated heterocycles. The molecular formula is C67H94O9Si3. The minimum absolute atomic E-state index is 0.00637. The first-order valence-electron chi connectivity index (χ1n) is 29.8. The van der Waals surface area contributed by atoms with Crippen molar-refractivity contribution in [3.8, 4) is 0 Å². The van der Waals surface area contributed by atoms with Gasteiger partial charge in [0.2, 0.25) is 0 Å². The molecule has 12 atom stereocenters. The molecule has 9 nitrogen and oxygen atoms in total. The second-order valence-corrected chi connectivity index (χ2v) is 38.7. The van der Waals surface area contributed by atoms with Gasteiger partial charge in [-0.05, 0) is 97.8 Å². The molecule has 4 aliphatic heterocycles. The number of carboxylic acid groups (broad SMARTS) is 1. The summed E-state index contributed by atoms with van der Waals surface area (Å²) in [5.74, 6) is -0.717. The number of carbonyl (C=O) groups is 1. The molecule has 0 aromatic heterocycles. The van der Waals surface area contributed by atoms with Gasteiger partial charge in [-0.2, -0.15) is 0 Å². The average Bonchev–Trinajstić information content (AvgIpc) is 3.94. The molecule has 4 aliphatic rings. The molecule has 79 heavy (non-hydrogen) atoms. The van der Waals surface area contributed by atoms with Gasteiger partial charge in [0.15, 0.2) is 8.32 Å². The quantitative estimate of drug-likeness (QED) is 0.0468. The molecule has 8 rings (SSSR count). The maximum atomic E-state index is 11.3. The Hall–Kier alpha value is -4.06. The zero-order valence-corrected chi connectivity index (χ0v) is 52.5. The van der Waals surface area contributed by atoms with Crippen LogP contribution in [0.5, 0.6) is 0 Å². The van der Waals surface area contributed by atoms with Crippen molar-refractivity contribution < 1.29 is 42.1 Å². The maximum absolute atomic E-state index is 11.3. The molecule has 4 fully saturated rings. The van der Waals surface area contributed by atoms with Gasteiger partial charge in [0.1, 0.15) is 0 Å². The van der Waals surface area contributed by atoms with Crippen LogP contribution >= 0.6 is 0 Å². The summed E-state index contributed by atoms with van der Waals surface area (Å²) in [6.45, 7) is 35.2. The Labute approximate surface area is 477 Å². The second kappa shape index (κ2) is 26.0. The first kappa shape index (κ1) is 61.0. The van der Waals surface area contributed by atoms with E-state index in [2.05, 4.69) is 204 Å². The Morgan fingerprint density at radius 2 is 1.16 bits per heavy atom. The van der Waals surface area contributed by atoms with Crippen LogP contribution in [0, 0.1) is 11.8 Å². The van der Waals surface area contributed by atoms with Gasteiger partial charge >= 0.3 is 5.97 Å². The van der Waals surface area contributed by atoms with Crippen LogP contribution < -0.4 is 20.7 Å². The largest absolute Gasteiger partial charge is 0.478 e. The second-order valence-electron chi connectivity index (χ2n) is 25.4. The number of fused-ring (bicyclic) bond motifs is 1. The molecule has 4 aromatic carbocycles. The highest BCUT2D eigenvalue weighted by molar-refractivity contribution is 7.00. The summed E-state index contributed by atoms with van der Waals surface area (Å²) >= 11 is 0. The minimum Gasteiger partial charge on any atom is -0.478 e. The van der Waals surface area contributed by atoms with Crippen molar-refractivity contribution in [2.45, 2.75) is 210 Å². The number of aliphatic carboxylic acids is 1. The standard InChI is InChI=1S/C67H94O9Si3/c1-14-77(15-2,16-3)76-65-50(7)64-61(73-62(65)45-59-49(6)47(4)43-51(72-59)37-39-57-48(5)44-52(71-57)38-40-63(68)69)46-60(75-79(67(11,12)13,55-33-25-19-26-34-55)56-35-27-20-28-36-56)58(74-64)41-42-70-78(66(8,9)10,53-29-21-17-22-30-53)54-31-23-18-24-32-54/h17-36,38,40,47,50-52,57-62,64-65H,5-6,14-16,37,39,41-46H2,1-4,7-13H3,(H,68,69)/t47-,50+,51+,52+,57+,58-,59-,60-,61+,62+,64+,65-/m1/s1. The molecule has 0 spiro atoms. The van der Waals surface area contributed by atoms with Crippen LogP contribution in [0.1, 0.15) is 121 Å². The number of hydrogen-bond acceptors (Lipinski definition) is 8. The molecule has 4 aromatic rings. The Kier molecular flexibility index (Phi) is 20.1. The Balaban J connectivity index is 1.14. The van der Waals surface area contributed by atoms with E-state index in [1.807, 2.05) is 0 Å². The molecule has 4 heterocycles. The first-order chi connectivity index (χ1) is 37.7. The van der Waals surface area contributed by atoms with Crippen molar-refractivity contribution in [2.75, 3.05) is 6.61 Å². The minimum atomic E-state index is -3.09. The van der Waals surface area contributed by atoms with E-state index in [9.17, 15) is 9.90 Å². The molecule has 0 bridgehead atoms. The van der Waals surface area contributed by atoms with Crippen molar-refractivity contribution in [2.24, 2.45) is 11.8 Å². The van der Waals surface area contributed by atoms with Crippen LogP contribution in [0.15, 0.2) is 158 Å². The van der Waals surface area contributed by atoms with Gasteiger partial charge < -0.3 is 37.3 Å². The summed E-state index contributed by atoms with van der Waals surface area (Å²) in [4.78, 5) is 11.3. The molecular weight excluding hydrogens is 1030 g/mol. The number of hydrogen-bond donors (Lipinski definition) is 1. The molecule has 0 unspecified atom stereocenters. The number of carboxylic acids is 1. The van der Waals surface area contributed by atoms with Crippen LogP contribution in [0.25, 0.3) is 0 Å². The monoisotopic (exact) mass is 1130 g/mol. The van der Waals surface area contributed by atoms with E-state index >= 15 is 0 Å². The van der Waals surface area contributed by atoms with E-state index in [1.165, 1.54) is 26.8 Å². The summed E-state index contributed by atoms with van der Waals surface area (Å²) < 4.78 is 52.5. The fourth-order valence-corrected chi connectivity index (χ4v) is 26.1. The zero-order chi connectivity index (χ0) is 56.8.